The van der Waals surface area contributed by atoms with Gasteiger partial charge in [0.1, 0.15) is 5.60 Å². The third kappa shape index (κ3) is 3.97. The molecule has 5 rings (SSSR count). The number of alkyl halides is 1. The number of ether oxygens (including phenoxy) is 1. The molecule has 3 atom stereocenters. The second-order valence-electron chi connectivity index (χ2n) is 9.33. The number of rotatable bonds is 5. The summed E-state index contributed by atoms with van der Waals surface area (Å²) < 4.78 is 35.9. The lowest BCUT2D eigenvalue weighted by atomic mass is 9.65. The van der Waals surface area contributed by atoms with E-state index in [1.165, 1.54) is 5.56 Å². The van der Waals surface area contributed by atoms with Crippen LogP contribution in [0.2, 0.25) is 0 Å². The average Bonchev–Trinajstić information content (AvgIpc) is 2.81. The molecule has 0 saturated carbocycles. The summed E-state index contributed by atoms with van der Waals surface area (Å²) in [6, 6.07) is 27.6. The Balaban J connectivity index is 1.63. The van der Waals surface area contributed by atoms with Gasteiger partial charge in [-0.3, -0.25) is 0 Å². The number of hydrogen-bond acceptors (Lipinski definition) is 3. The third-order valence-electron chi connectivity index (χ3n) is 7.13. The van der Waals surface area contributed by atoms with Crippen LogP contribution in [0, 0.1) is 12.3 Å². The SMILES string of the molecule is Cc1ccc(S(=O)(=O)N2C[C@]3(Cc4ccccc4)CCO[C@](c4ccccc4)(C2)[C@@H]3Br)cc1. The molecule has 2 bridgehead atoms. The van der Waals surface area contributed by atoms with E-state index in [4.69, 9.17) is 4.74 Å². The van der Waals surface area contributed by atoms with E-state index in [9.17, 15) is 8.42 Å². The summed E-state index contributed by atoms with van der Waals surface area (Å²) >= 11 is 4.05. The molecule has 3 aromatic carbocycles. The fourth-order valence-corrected chi connectivity index (χ4v) is 8.04. The van der Waals surface area contributed by atoms with Gasteiger partial charge in [-0.1, -0.05) is 94.3 Å². The second-order valence-corrected chi connectivity index (χ2v) is 12.2. The fourth-order valence-electron chi connectivity index (χ4n) is 5.39. The molecule has 2 fully saturated rings. The van der Waals surface area contributed by atoms with Crippen molar-refractivity contribution in [1.82, 2.24) is 4.31 Å². The Labute approximate surface area is 204 Å². The first-order valence-corrected chi connectivity index (χ1v) is 13.7. The summed E-state index contributed by atoms with van der Waals surface area (Å²) in [6.07, 6.45) is 1.56. The lowest BCUT2D eigenvalue weighted by molar-refractivity contribution is -0.158. The Morgan fingerprint density at radius 1 is 0.939 bits per heavy atom. The van der Waals surface area contributed by atoms with Gasteiger partial charge in [-0.2, -0.15) is 4.31 Å². The number of fused-ring (bicyclic) bond motifs is 2. The van der Waals surface area contributed by atoms with Crippen molar-refractivity contribution in [2.75, 3.05) is 19.7 Å². The highest BCUT2D eigenvalue weighted by Gasteiger charge is 2.61. The molecule has 0 amide bonds. The highest BCUT2D eigenvalue weighted by molar-refractivity contribution is 9.09. The van der Waals surface area contributed by atoms with Crippen molar-refractivity contribution in [1.29, 1.82) is 0 Å². The van der Waals surface area contributed by atoms with Crippen molar-refractivity contribution in [2.45, 2.75) is 35.1 Å². The van der Waals surface area contributed by atoms with Crippen LogP contribution in [0.25, 0.3) is 0 Å². The van der Waals surface area contributed by atoms with E-state index < -0.39 is 15.6 Å². The first-order valence-electron chi connectivity index (χ1n) is 11.3. The molecule has 0 spiro atoms. The topological polar surface area (TPSA) is 46.6 Å². The molecule has 0 aliphatic carbocycles. The molecule has 6 heteroatoms. The first kappa shape index (κ1) is 22.8. The van der Waals surface area contributed by atoms with Crippen molar-refractivity contribution in [2.24, 2.45) is 5.41 Å². The van der Waals surface area contributed by atoms with Gasteiger partial charge in [0.2, 0.25) is 10.0 Å². The molecule has 2 aliphatic heterocycles. The summed E-state index contributed by atoms with van der Waals surface area (Å²) in [5.41, 5.74) is 2.19. The fraction of sp³-hybridized carbons (Fsp3) is 0.333. The summed E-state index contributed by atoms with van der Waals surface area (Å²) in [5.74, 6) is 0. The maximum atomic E-state index is 13.9. The van der Waals surface area contributed by atoms with Crippen LogP contribution in [0.1, 0.15) is 23.1 Å². The van der Waals surface area contributed by atoms with E-state index in [2.05, 4.69) is 40.2 Å². The summed E-state index contributed by atoms with van der Waals surface area (Å²) in [7, 11) is -3.69. The molecule has 33 heavy (non-hydrogen) atoms. The minimum atomic E-state index is -3.69. The predicted molar refractivity (Wildman–Crippen MR) is 134 cm³/mol. The van der Waals surface area contributed by atoms with Crippen LogP contribution in [0.5, 0.6) is 0 Å². The zero-order chi connectivity index (χ0) is 23.1. The Hall–Kier alpha value is -1.99. The monoisotopic (exact) mass is 525 g/mol. The van der Waals surface area contributed by atoms with Gasteiger partial charge in [0.05, 0.1) is 9.72 Å². The quantitative estimate of drug-likeness (QED) is 0.424. The Morgan fingerprint density at radius 3 is 2.24 bits per heavy atom. The average molecular weight is 526 g/mol. The van der Waals surface area contributed by atoms with Crippen LogP contribution in [-0.2, 0) is 26.8 Å². The Kier molecular flexibility index (Phi) is 5.98. The number of sulfonamides is 1. The van der Waals surface area contributed by atoms with Gasteiger partial charge in [0, 0.05) is 25.1 Å². The van der Waals surface area contributed by atoms with Crippen LogP contribution in [0.3, 0.4) is 0 Å². The Bertz CT molecular complexity index is 1220. The van der Waals surface area contributed by atoms with E-state index in [0.29, 0.717) is 18.0 Å². The molecule has 0 radical (unpaired) electrons. The lowest BCUT2D eigenvalue weighted by Gasteiger charge is -2.59. The highest BCUT2D eigenvalue weighted by Crippen LogP contribution is 2.55. The minimum absolute atomic E-state index is 0.0293. The van der Waals surface area contributed by atoms with E-state index in [1.807, 2.05) is 55.5 Å². The van der Waals surface area contributed by atoms with Gasteiger partial charge in [-0.15, -0.1) is 0 Å². The Morgan fingerprint density at radius 2 is 1.58 bits per heavy atom. The zero-order valence-electron chi connectivity index (χ0n) is 18.7. The number of piperidine rings is 1. The number of hydrogen-bond donors (Lipinski definition) is 0. The standard InChI is InChI=1S/C27H28BrNO3S/c1-21-12-14-24(15-13-21)33(30,31)29-19-26(18-22-8-4-2-5-9-22)16-17-32-27(20-29,25(26)28)23-10-6-3-7-11-23/h2-15,25H,16-20H2,1H3/t25-,26-,27+/m1/s1. The molecule has 2 aliphatic rings. The van der Waals surface area contributed by atoms with Crippen LogP contribution in [-0.4, -0.2) is 37.2 Å². The third-order valence-corrected chi connectivity index (χ3v) is 10.6. The summed E-state index contributed by atoms with van der Waals surface area (Å²) in [5, 5.41) is 0. The smallest absolute Gasteiger partial charge is 0.243 e. The molecule has 0 aromatic heterocycles. The molecule has 172 valence electrons. The van der Waals surface area contributed by atoms with E-state index in [1.54, 1.807) is 16.4 Å². The molecular formula is C27H28BrNO3S. The van der Waals surface area contributed by atoms with Gasteiger partial charge in [-0.25, -0.2) is 8.42 Å². The van der Waals surface area contributed by atoms with Gasteiger partial charge in [0.25, 0.3) is 0 Å². The predicted octanol–water partition coefficient (Wildman–Crippen LogP) is 5.31. The molecule has 0 unspecified atom stereocenters. The van der Waals surface area contributed by atoms with Crippen molar-refractivity contribution in [3.8, 4) is 0 Å². The van der Waals surface area contributed by atoms with Gasteiger partial charge in [-0.05, 0) is 43.0 Å². The molecular weight excluding hydrogens is 498 g/mol. The number of nitrogens with zero attached hydrogens (tertiary/aromatic N) is 1. The molecule has 4 nitrogen and oxygen atoms in total. The number of aryl methyl sites for hydroxylation is 1. The van der Waals surface area contributed by atoms with Gasteiger partial charge >= 0.3 is 0 Å². The molecule has 3 aromatic rings. The van der Waals surface area contributed by atoms with E-state index in [0.717, 1.165) is 24.0 Å². The first-order chi connectivity index (χ1) is 15.9. The lowest BCUT2D eigenvalue weighted by Crippen LogP contribution is -2.67. The van der Waals surface area contributed by atoms with Crippen LogP contribution < -0.4 is 0 Å². The summed E-state index contributed by atoms with van der Waals surface area (Å²) in [4.78, 5) is 0.301. The molecule has 2 saturated heterocycles. The highest BCUT2D eigenvalue weighted by atomic mass is 79.9. The van der Waals surface area contributed by atoms with Crippen molar-refractivity contribution in [3.05, 3.63) is 102 Å². The number of benzene rings is 3. The zero-order valence-corrected chi connectivity index (χ0v) is 21.1. The maximum absolute atomic E-state index is 13.9. The summed E-state index contributed by atoms with van der Waals surface area (Å²) in [6.45, 7) is 3.29. The van der Waals surface area contributed by atoms with Gasteiger partial charge in [0.15, 0.2) is 0 Å². The van der Waals surface area contributed by atoms with Crippen molar-refractivity contribution in [3.63, 3.8) is 0 Å². The maximum Gasteiger partial charge on any atom is 0.243 e. The van der Waals surface area contributed by atoms with Crippen LogP contribution in [0.15, 0.2) is 89.8 Å². The second kappa shape index (κ2) is 8.66. The van der Waals surface area contributed by atoms with Crippen LogP contribution >= 0.6 is 15.9 Å². The van der Waals surface area contributed by atoms with Crippen LogP contribution in [0.4, 0.5) is 0 Å². The van der Waals surface area contributed by atoms with Gasteiger partial charge < -0.3 is 4.74 Å². The molecule has 2 heterocycles. The van der Waals surface area contributed by atoms with E-state index >= 15 is 0 Å². The molecule has 0 N–H and O–H groups in total. The van der Waals surface area contributed by atoms with E-state index in [-0.39, 0.29) is 16.8 Å². The minimum Gasteiger partial charge on any atom is -0.368 e. The van der Waals surface area contributed by atoms with Crippen molar-refractivity contribution >= 4 is 26.0 Å². The normalized spacial score (nSPS) is 27.9. The number of halogens is 1. The van der Waals surface area contributed by atoms with Crippen molar-refractivity contribution < 1.29 is 13.2 Å². The largest absolute Gasteiger partial charge is 0.368 e.